The molecule has 1 aromatic rings. The fraction of sp³-hybridized carbons (Fsp3) is 0.625. The molecule has 1 aliphatic rings. The molecule has 0 aliphatic heterocycles. The summed E-state index contributed by atoms with van der Waals surface area (Å²) in [4.78, 5) is 0. The highest BCUT2D eigenvalue weighted by atomic mass is 16.3. The Morgan fingerprint density at radius 2 is 1.65 bits per heavy atom. The van der Waals surface area contributed by atoms with Gasteiger partial charge in [0.15, 0.2) is 0 Å². The maximum atomic E-state index is 10.8. The van der Waals surface area contributed by atoms with Gasteiger partial charge in [0.25, 0.3) is 0 Å². The van der Waals surface area contributed by atoms with Crippen molar-refractivity contribution in [1.82, 2.24) is 0 Å². The minimum atomic E-state index is -0.594. The van der Waals surface area contributed by atoms with Gasteiger partial charge in [0.2, 0.25) is 0 Å². The zero-order valence-corrected chi connectivity index (χ0v) is 11.2. The molecule has 0 radical (unpaired) electrons. The second kappa shape index (κ2) is 4.81. The van der Waals surface area contributed by atoms with E-state index in [1.54, 1.807) is 0 Å². The van der Waals surface area contributed by atoms with E-state index in [-0.39, 0.29) is 0 Å². The summed E-state index contributed by atoms with van der Waals surface area (Å²) in [7, 11) is 0. The first kappa shape index (κ1) is 12.6. The highest BCUT2D eigenvalue weighted by Gasteiger charge is 2.37. The lowest BCUT2D eigenvalue weighted by Gasteiger charge is -2.39. The van der Waals surface area contributed by atoms with Crippen LogP contribution in [0, 0.1) is 11.8 Å². The van der Waals surface area contributed by atoms with Gasteiger partial charge in [-0.05, 0) is 48.6 Å². The summed E-state index contributed by atoms with van der Waals surface area (Å²) in [6, 6.07) is 8.53. The molecule has 1 heteroatoms. The van der Waals surface area contributed by atoms with Gasteiger partial charge in [-0.1, -0.05) is 45.0 Å². The molecule has 0 amide bonds. The summed E-state index contributed by atoms with van der Waals surface area (Å²) in [6.07, 6.45) is 4.12. The lowest BCUT2D eigenvalue weighted by molar-refractivity contribution is -0.0362. The SMILES string of the molecule is CCc1ccc(C2(O)CC(C)CC(C)C2)cc1. The van der Waals surface area contributed by atoms with Crippen LogP contribution in [-0.4, -0.2) is 5.11 Å². The van der Waals surface area contributed by atoms with Crippen LogP contribution < -0.4 is 0 Å². The number of hydrogen-bond donors (Lipinski definition) is 1. The molecule has 1 aliphatic carbocycles. The van der Waals surface area contributed by atoms with E-state index in [1.165, 1.54) is 12.0 Å². The Hall–Kier alpha value is -0.820. The molecular weight excluding hydrogens is 208 g/mol. The first-order chi connectivity index (χ1) is 8.03. The van der Waals surface area contributed by atoms with Crippen LogP contribution in [0.15, 0.2) is 24.3 Å². The Morgan fingerprint density at radius 1 is 1.12 bits per heavy atom. The zero-order chi connectivity index (χ0) is 12.5. The molecule has 1 fully saturated rings. The number of aryl methyl sites for hydroxylation is 1. The Morgan fingerprint density at radius 3 is 2.12 bits per heavy atom. The van der Waals surface area contributed by atoms with Gasteiger partial charge in [0.1, 0.15) is 0 Å². The van der Waals surface area contributed by atoms with Crippen molar-refractivity contribution in [2.75, 3.05) is 0 Å². The van der Waals surface area contributed by atoms with E-state index in [1.807, 2.05) is 0 Å². The Labute approximate surface area is 105 Å². The normalized spacial score (nSPS) is 33.6. The number of aliphatic hydroxyl groups is 1. The van der Waals surface area contributed by atoms with Gasteiger partial charge in [-0.3, -0.25) is 0 Å². The maximum absolute atomic E-state index is 10.8. The summed E-state index contributed by atoms with van der Waals surface area (Å²) >= 11 is 0. The van der Waals surface area contributed by atoms with Crippen molar-refractivity contribution >= 4 is 0 Å². The molecular formula is C16H24O. The summed E-state index contributed by atoms with van der Waals surface area (Å²) in [5.74, 6) is 1.24. The molecule has 2 unspecified atom stereocenters. The first-order valence-electron chi connectivity index (χ1n) is 6.85. The standard InChI is InChI=1S/C16H24O/c1-4-14-5-7-15(8-6-14)16(17)10-12(2)9-13(3)11-16/h5-8,12-13,17H,4,9-11H2,1-3H3. The molecule has 2 atom stereocenters. The van der Waals surface area contributed by atoms with Crippen molar-refractivity contribution in [3.63, 3.8) is 0 Å². The Balaban J connectivity index is 2.23. The quantitative estimate of drug-likeness (QED) is 0.820. The minimum absolute atomic E-state index is 0.594. The summed E-state index contributed by atoms with van der Waals surface area (Å²) in [5.41, 5.74) is 1.85. The van der Waals surface area contributed by atoms with Crippen LogP contribution in [0.3, 0.4) is 0 Å². The van der Waals surface area contributed by atoms with Gasteiger partial charge in [0.05, 0.1) is 5.60 Å². The van der Waals surface area contributed by atoms with Gasteiger partial charge in [-0.2, -0.15) is 0 Å². The van der Waals surface area contributed by atoms with E-state index in [0.717, 1.165) is 24.8 Å². The molecule has 1 saturated carbocycles. The van der Waals surface area contributed by atoms with Crippen LogP contribution in [0.1, 0.15) is 51.2 Å². The highest BCUT2D eigenvalue weighted by Crippen LogP contribution is 2.42. The maximum Gasteiger partial charge on any atom is 0.0901 e. The fourth-order valence-corrected chi connectivity index (χ4v) is 3.38. The van der Waals surface area contributed by atoms with Gasteiger partial charge < -0.3 is 5.11 Å². The average Bonchev–Trinajstić information content (AvgIpc) is 2.27. The van der Waals surface area contributed by atoms with Gasteiger partial charge in [-0.25, -0.2) is 0 Å². The fourth-order valence-electron chi connectivity index (χ4n) is 3.38. The van der Waals surface area contributed by atoms with Crippen LogP contribution in [0.2, 0.25) is 0 Å². The van der Waals surface area contributed by atoms with E-state index in [4.69, 9.17) is 0 Å². The lowest BCUT2D eigenvalue weighted by atomic mass is 9.71. The van der Waals surface area contributed by atoms with Crippen molar-refractivity contribution in [3.05, 3.63) is 35.4 Å². The van der Waals surface area contributed by atoms with E-state index in [9.17, 15) is 5.11 Å². The summed E-state index contributed by atoms with van der Waals surface area (Å²) in [5, 5.41) is 10.8. The van der Waals surface area contributed by atoms with Gasteiger partial charge in [0, 0.05) is 0 Å². The van der Waals surface area contributed by atoms with Crippen molar-refractivity contribution in [1.29, 1.82) is 0 Å². The molecule has 1 aromatic carbocycles. The largest absolute Gasteiger partial charge is 0.385 e. The smallest absolute Gasteiger partial charge is 0.0901 e. The van der Waals surface area contributed by atoms with Crippen LogP contribution in [0.25, 0.3) is 0 Å². The average molecular weight is 232 g/mol. The second-order valence-electron chi connectivity index (χ2n) is 5.94. The van der Waals surface area contributed by atoms with Crippen LogP contribution >= 0.6 is 0 Å². The van der Waals surface area contributed by atoms with Crippen molar-refractivity contribution in [2.45, 2.75) is 52.1 Å². The third-order valence-corrected chi connectivity index (χ3v) is 4.08. The zero-order valence-electron chi connectivity index (χ0n) is 11.2. The van der Waals surface area contributed by atoms with E-state index < -0.39 is 5.60 Å². The molecule has 0 saturated heterocycles. The summed E-state index contributed by atoms with van der Waals surface area (Å²) in [6.45, 7) is 6.66. The topological polar surface area (TPSA) is 20.2 Å². The lowest BCUT2D eigenvalue weighted by Crippen LogP contribution is -2.35. The van der Waals surface area contributed by atoms with Crippen molar-refractivity contribution < 1.29 is 5.11 Å². The number of rotatable bonds is 2. The monoisotopic (exact) mass is 232 g/mol. The molecule has 1 N–H and O–H groups in total. The van der Waals surface area contributed by atoms with Gasteiger partial charge in [-0.15, -0.1) is 0 Å². The highest BCUT2D eigenvalue weighted by molar-refractivity contribution is 5.27. The molecule has 0 heterocycles. The first-order valence-corrected chi connectivity index (χ1v) is 6.85. The van der Waals surface area contributed by atoms with Crippen LogP contribution in [0.5, 0.6) is 0 Å². The van der Waals surface area contributed by atoms with E-state index in [0.29, 0.717) is 11.8 Å². The van der Waals surface area contributed by atoms with Crippen molar-refractivity contribution in [2.24, 2.45) is 11.8 Å². The number of benzene rings is 1. The Kier molecular flexibility index (Phi) is 3.58. The van der Waals surface area contributed by atoms with Crippen LogP contribution in [0.4, 0.5) is 0 Å². The molecule has 0 bridgehead atoms. The summed E-state index contributed by atoms with van der Waals surface area (Å²) < 4.78 is 0. The molecule has 94 valence electrons. The Bertz CT molecular complexity index is 356. The molecule has 2 rings (SSSR count). The molecule has 17 heavy (non-hydrogen) atoms. The number of hydrogen-bond acceptors (Lipinski definition) is 1. The third kappa shape index (κ3) is 2.71. The predicted octanol–water partition coefficient (Wildman–Crippen LogP) is 3.89. The van der Waals surface area contributed by atoms with E-state index in [2.05, 4.69) is 45.0 Å². The van der Waals surface area contributed by atoms with E-state index >= 15 is 0 Å². The van der Waals surface area contributed by atoms with Crippen LogP contribution in [-0.2, 0) is 12.0 Å². The van der Waals surface area contributed by atoms with Crippen molar-refractivity contribution in [3.8, 4) is 0 Å². The second-order valence-corrected chi connectivity index (χ2v) is 5.94. The molecule has 0 aromatic heterocycles. The molecule has 1 nitrogen and oxygen atoms in total. The molecule has 0 spiro atoms. The minimum Gasteiger partial charge on any atom is -0.385 e. The van der Waals surface area contributed by atoms with Gasteiger partial charge >= 0.3 is 0 Å². The predicted molar refractivity (Wildman–Crippen MR) is 71.9 cm³/mol. The third-order valence-electron chi connectivity index (χ3n) is 4.08.